The molecule has 0 bridgehead atoms. The largest absolute Gasteiger partial charge is 0.469 e. The molecular weight excluding hydrogens is 304 g/mol. The minimum atomic E-state index is -0.153. The number of fused-ring (bicyclic) bond motifs is 1. The third kappa shape index (κ3) is 3.78. The number of hydrogen-bond acceptors (Lipinski definition) is 3. The molecule has 3 rings (SSSR count). The van der Waals surface area contributed by atoms with E-state index >= 15 is 0 Å². The average Bonchev–Trinajstić information content (AvgIpc) is 3.03. The second-order valence-corrected chi connectivity index (χ2v) is 6.42. The number of carbonyl (C=O) groups is 2. The van der Waals surface area contributed by atoms with Gasteiger partial charge in [-0.2, -0.15) is 0 Å². The van der Waals surface area contributed by atoms with Gasteiger partial charge in [-0.3, -0.25) is 9.59 Å². The standard InChI is InChI=1S/C19H24N2O3/c1-24-19(23)14-15-6-10-21(11-7-15)18(22)9-13-20-12-8-16-4-2-3-5-17(16)20/h2-5,8,12,15H,6-7,9-11,13-14H2,1H3. The van der Waals surface area contributed by atoms with Crippen molar-refractivity contribution in [1.29, 1.82) is 0 Å². The number of amides is 1. The predicted molar refractivity (Wildman–Crippen MR) is 92.5 cm³/mol. The van der Waals surface area contributed by atoms with Crippen LogP contribution in [-0.4, -0.2) is 41.5 Å². The van der Waals surface area contributed by atoms with Gasteiger partial charge in [-0.15, -0.1) is 0 Å². The number of esters is 1. The van der Waals surface area contributed by atoms with Gasteiger partial charge in [0, 0.05) is 44.2 Å². The summed E-state index contributed by atoms with van der Waals surface area (Å²) in [5.41, 5.74) is 1.17. The van der Waals surface area contributed by atoms with E-state index in [-0.39, 0.29) is 11.9 Å². The number of ether oxygens (including phenoxy) is 1. The lowest BCUT2D eigenvalue weighted by atomic mass is 9.93. The van der Waals surface area contributed by atoms with Crippen molar-refractivity contribution in [1.82, 2.24) is 9.47 Å². The predicted octanol–water partition coefficient (Wildman–Crippen LogP) is 2.83. The normalized spacial score (nSPS) is 15.6. The van der Waals surface area contributed by atoms with Gasteiger partial charge in [0.05, 0.1) is 7.11 Å². The van der Waals surface area contributed by atoms with Crippen molar-refractivity contribution in [2.24, 2.45) is 5.92 Å². The third-order valence-electron chi connectivity index (χ3n) is 4.90. The molecule has 1 aliphatic heterocycles. The molecule has 0 saturated carbocycles. The molecule has 1 fully saturated rings. The van der Waals surface area contributed by atoms with E-state index in [1.54, 1.807) is 0 Å². The minimum absolute atomic E-state index is 0.153. The molecule has 1 aliphatic rings. The van der Waals surface area contributed by atoms with Crippen molar-refractivity contribution >= 4 is 22.8 Å². The zero-order valence-corrected chi connectivity index (χ0v) is 14.1. The molecule has 2 heterocycles. The number of methoxy groups -OCH3 is 1. The van der Waals surface area contributed by atoms with Crippen molar-refractivity contribution in [3.8, 4) is 0 Å². The first-order valence-corrected chi connectivity index (χ1v) is 8.56. The number of para-hydroxylation sites is 1. The Hall–Kier alpha value is -2.30. The van der Waals surface area contributed by atoms with Gasteiger partial charge in [0.25, 0.3) is 0 Å². The van der Waals surface area contributed by atoms with Crippen LogP contribution in [0, 0.1) is 5.92 Å². The molecule has 0 atom stereocenters. The summed E-state index contributed by atoms with van der Waals surface area (Å²) < 4.78 is 6.86. The van der Waals surface area contributed by atoms with Crippen molar-refractivity contribution in [3.63, 3.8) is 0 Å². The zero-order valence-electron chi connectivity index (χ0n) is 14.1. The molecule has 2 aromatic rings. The highest BCUT2D eigenvalue weighted by molar-refractivity contribution is 5.80. The number of piperidine rings is 1. The Morgan fingerprint density at radius 2 is 1.92 bits per heavy atom. The Labute approximate surface area is 142 Å². The molecule has 1 aromatic carbocycles. The van der Waals surface area contributed by atoms with Gasteiger partial charge in [0.1, 0.15) is 0 Å². The van der Waals surface area contributed by atoms with Crippen LogP contribution in [0.1, 0.15) is 25.7 Å². The number of carbonyl (C=O) groups excluding carboxylic acids is 2. The molecule has 0 radical (unpaired) electrons. The van der Waals surface area contributed by atoms with E-state index in [1.165, 1.54) is 18.0 Å². The van der Waals surface area contributed by atoms with E-state index in [2.05, 4.69) is 22.8 Å². The molecule has 0 unspecified atom stereocenters. The number of likely N-dealkylation sites (tertiary alicyclic amines) is 1. The average molecular weight is 328 g/mol. The lowest BCUT2D eigenvalue weighted by Crippen LogP contribution is -2.39. The van der Waals surface area contributed by atoms with Crippen molar-refractivity contribution in [2.75, 3.05) is 20.2 Å². The number of nitrogens with zero attached hydrogens (tertiary/aromatic N) is 2. The fourth-order valence-corrected chi connectivity index (χ4v) is 3.42. The van der Waals surface area contributed by atoms with E-state index < -0.39 is 0 Å². The van der Waals surface area contributed by atoms with Crippen LogP contribution >= 0.6 is 0 Å². The van der Waals surface area contributed by atoms with Gasteiger partial charge in [-0.05, 0) is 36.3 Å². The first kappa shape index (κ1) is 16.6. The topological polar surface area (TPSA) is 51.5 Å². The highest BCUT2D eigenvalue weighted by Gasteiger charge is 2.24. The van der Waals surface area contributed by atoms with Crippen LogP contribution in [-0.2, 0) is 20.9 Å². The molecular formula is C19H24N2O3. The summed E-state index contributed by atoms with van der Waals surface area (Å²) in [5.74, 6) is 0.387. The summed E-state index contributed by atoms with van der Waals surface area (Å²) >= 11 is 0. The van der Waals surface area contributed by atoms with Crippen molar-refractivity contribution in [3.05, 3.63) is 36.5 Å². The van der Waals surface area contributed by atoms with E-state index in [0.29, 0.717) is 25.3 Å². The smallest absolute Gasteiger partial charge is 0.305 e. The zero-order chi connectivity index (χ0) is 16.9. The third-order valence-corrected chi connectivity index (χ3v) is 4.90. The van der Waals surface area contributed by atoms with Crippen LogP contribution in [0.4, 0.5) is 0 Å². The van der Waals surface area contributed by atoms with Crippen LogP contribution in [0.25, 0.3) is 10.9 Å². The Morgan fingerprint density at radius 1 is 1.17 bits per heavy atom. The molecule has 128 valence electrons. The van der Waals surface area contributed by atoms with E-state index in [0.717, 1.165) is 25.9 Å². The Balaban J connectivity index is 1.49. The van der Waals surface area contributed by atoms with Crippen LogP contribution in [0.15, 0.2) is 36.5 Å². The minimum Gasteiger partial charge on any atom is -0.469 e. The summed E-state index contributed by atoms with van der Waals surface area (Å²) in [4.78, 5) is 25.7. The summed E-state index contributed by atoms with van der Waals surface area (Å²) in [6.07, 6.45) is 4.79. The van der Waals surface area contributed by atoms with Crippen LogP contribution in [0.2, 0.25) is 0 Å². The monoisotopic (exact) mass is 328 g/mol. The van der Waals surface area contributed by atoms with Crippen LogP contribution < -0.4 is 0 Å². The molecule has 0 aliphatic carbocycles. The number of rotatable bonds is 5. The summed E-state index contributed by atoms with van der Waals surface area (Å²) in [5, 5.41) is 1.20. The van der Waals surface area contributed by atoms with Crippen molar-refractivity contribution < 1.29 is 14.3 Å². The second kappa shape index (κ2) is 7.51. The second-order valence-electron chi connectivity index (χ2n) is 6.42. The van der Waals surface area contributed by atoms with E-state index in [4.69, 9.17) is 4.74 Å². The SMILES string of the molecule is COC(=O)CC1CCN(C(=O)CCn2ccc3ccccc32)CC1. The maximum atomic E-state index is 12.4. The molecule has 1 aromatic heterocycles. The number of benzene rings is 1. The molecule has 5 nitrogen and oxygen atoms in total. The van der Waals surface area contributed by atoms with E-state index in [9.17, 15) is 9.59 Å². The van der Waals surface area contributed by atoms with Crippen LogP contribution in [0.3, 0.4) is 0 Å². The molecule has 0 spiro atoms. The fraction of sp³-hybridized carbons (Fsp3) is 0.474. The lowest BCUT2D eigenvalue weighted by molar-refractivity contribution is -0.142. The first-order valence-electron chi connectivity index (χ1n) is 8.56. The highest BCUT2D eigenvalue weighted by atomic mass is 16.5. The van der Waals surface area contributed by atoms with Crippen LogP contribution in [0.5, 0.6) is 0 Å². The molecule has 1 amide bonds. The van der Waals surface area contributed by atoms with E-state index in [1.807, 2.05) is 23.2 Å². The lowest BCUT2D eigenvalue weighted by Gasteiger charge is -2.31. The number of aromatic nitrogens is 1. The Morgan fingerprint density at radius 3 is 2.67 bits per heavy atom. The summed E-state index contributed by atoms with van der Waals surface area (Å²) in [6, 6.07) is 10.3. The molecule has 24 heavy (non-hydrogen) atoms. The summed E-state index contributed by atoms with van der Waals surface area (Å²) in [6.45, 7) is 2.19. The maximum Gasteiger partial charge on any atom is 0.305 e. The Bertz CT molecular complexity index is 714. The molecule has 0 N–H and O–H groups in total. The van der Waals surface area contributed by atoms with Gasteiger partial charge >= 0.3 is 5.97 Å². The first-order chi connectivity index (χ1) is 11.7. The van der Waals surface area contributed by atoms with Gasteiger partial charge in [-0.25, -0.2) is 0 Å². The summed E-state index contributed by atoms with van der Waals surface area (Å²) in [7, 11) is 1.42. The van der Waals surface area contributed by atoms with Crippen molar-refractivity contribution in [2.45, 2.75) is 32.2 Å². The van der Waals surface area contributed by atoms with Gasteiger partial charge in [0.2, 0.25) is 5.91 Å². The number of hydrogen-bond donors (Lipinski definition) is 0. The fourth-order valence-electron chi connectivity index (χ4n) is 3.42. The highest BCUT2D eigenvalue weighted by Crippen LogP contribution is 2.22. The maximum absolute atomic E-state index is 12.4. The Kier molecular flexibility index (Phi) is 5.18. The van der Waals surface area contributed by atoms with Gasteiger partial charge < -0.3 is 14.2 Å². The van der Waals surface area contributed by atoms with Gasteiger partial charge in [-0.1, -0.05) is 18.2 Å². The quantitative estimate of drug-likeness (QED) is 0.793. The molecule has 1 saturated heterocycles. The van der Waals surface area contributed by atoms with Gasteiger partial charge in [0.15, 0.2) is 0 Å². The molecule has 5 heteroatoms. The number of aryl methyl sites for hydroxylation is 1.